The van der Waals surface area contributed by atoms with Crippen molar-refractivity contribution < 1.29 is 0 Å². The molecule has 0 saturated heterocycles. The summed E-state index contributed by atoms with van der Waals surface area (Å²) in [7, 11) is 4.07. The molecule has 0 bridgehead atoms. The second-order valence-electron chi connectivity index (χ2n) is 5.67. The summed E-state index contributed by atoms with van der Waals surface area (Å²) >= 11 is 0. The van der Waals surface area contributed by atoms with Crippen molar-refractivity contribution in [2.45, 2.75) is 0 Å². The smallest absolute Gasteiger partial charge is 0.153 e. The van der Waals surface area contributed by atoms with Crippen LogP contribution in [0.1, 0.15) is 0 Å². The maximum absolute atomic E-state index is 4.81. The van der Waals surface area contributed by atoms with E-state index in [9.17, 15) is 0 Å². The van der Waals surface area contributed by atoms with Crippen molar-refractivity contribution in [3.63, 3.8) is 0 Å². The van der Waals surface area contributed by atoms with E-state index < -0.39 is 0 Å². The van der Waals surface area contributed by atoms with Gasteiger partial charge in [0.15, 0.2) is 5.82 Å². The highest BCUT2D eigenvalue weighted by atomic mass is 15.2. The van der Waals surface area contributed by atoms with Crippen LogP contribution in [-0.4, -0.2) is 23.5 Å². The highest BCUT2D eigenvalue weighted by Gasteiger charge is 2.12. The first-order chi connectivity index (χ1) is 10.7. The van der Waals surface area contributed by atoms with E-state index in [0.717, 1.165) is 22.4 Å². The number of hydrogen-bond donors (Lipinski definition) is 0. The van der Waals surface area contributed by atoms with E-state index in [1.165, 1.54) is 11.1 Å². The van der Waals surface area contributed by atoms with Crippen LogP contribution >= 0.6 is 0 Å². The predicted octanol–water partition coefficient (Wildman–Crippen LogP) is 4.22. The molecule has 0 N–H and O–H groups in total. The summed E-state index contributed by atoms with van der Waals surface area (Å²) in [5.74, 6) is 0.987. The molecule has 0 aliphatic rings. The van der Waals surface area contributed by atoms with Crippen LogP contribution in [0.25, 0.3) is 27.7 Å². The molecule has 0 atom stereocenters. The van der Waals surface area contributed by atoms with Crippen molar-refractivity contribution in [2.24, 2.45) is 0 Å². The third-order valence-electron chi connectivity index (χ3n) is 3.95. The van der Waals surface area contributed by atoms with Crippen LogP contribution in [0.2, 0.25) is 0 Å². The van der Waals surface area contributed by atoms with Gasteiger partial charge in [0.05, 0.1) is 16.6 Å². The molecule has 3 heteroatoms. The van der Waals surface area contributed by atoms with Crippen LogP contribution in [0.5, 0.6) is 0 Å². The molecule has 4 rings (SSSR count). The maximum atomic E-state index is 4.81. The van der Waals surface area contributed by atoms with Crippen LogP contribution in [-0.2, 0) is 0 Å². The normalized spacial score (nSPS) is 11.2. The number of nitrogens with zero attached hydrogens (tertiary/aromatic N) is 3. The van der Waals surface area contributed by atoms with Gasteiger partial charge in [-0.05, 0) is 23.8 Å². The Kier molecular flexibility index (Phi) is 2.86. The Morgan fingerprint density at radius 3 is 2.32 bits per heavy atom. The number of para-hydroxylation sites is 2. The molecule has 0 unspecified atom stereocenters. The monoisotopic (exact) mass is 287 g/mol. The largest absolute Gasteiger partial charge is 0.361 e. The van der Waals surface area contributed by atoms with E-state index in [1.54, 1.807) is 0 Å². The van der Waals surface area contributed by atoms with Gasteiger partial charge >= 0.3 is 0 Å². The second-order valence-corrected chi connectivity index (χ2v) is 5.67. The molecule has 0 aliphatic carbocycles. The van der Waals surface area contributed by atoms with Gasteiger partial charge in [0.25, 0.3) is 0 Å². The van der Waals surface area contributed by atoms with Gasteiger partial charge < -0.3 is 9.30 Å². The van der Waals surface area contributed by atoms with Gasteiger partial charge in [-0.25, -0.2) is 4.98 Å². The van der Waals surface area contributed by atoms with E-state index in [-0.39, 0.29) is 0 Å². The molecule has 0 spiro atoms. The average molecular weight is 287 g/mol. The zero-order valence-corrected chi connectivity index (χ0v) is 12.7. The average Bonchev–Trinajstić information content (AvgIpc) is 3.00. The fraction of sp³-hybridized carbons (Fsp3) is 0.105. The number of anilines is 1. The first kappa shape index (κ1) is 12.9. The lowest BCUT2D eigenvalue weighted by Crippen LogP contribution is -2.12. The summed E-state index contributed by atoms with van der Waals surface area (Å²) < 4.78 is 2.24. The number of benzene rings is 2. The molecule has 0 saturated carbocycles. The predicted molar refractivity (Wildman–Crippen MR) is 92.5 cm³/mol. The maximum Gasteiger partial charge on any atom is 0.153 e. The number of aromatic nitrogens is 2. The van der Waals surface area contributed by atoms with Crippen molar-refractivity contribution in [1.29, 1.82) is 0 Å². The standard InChI is InChI=1S/C19H17N3/c1-21(2)19-18-12-15(14-8-4-3-5-9-14)13-22(18)17-11-7-6-10-16(17)20-19/h3-13H,1-2H3. The molecule has 2 aromatic heterocycles. The van der Waals surface area contributed by atoms with Gasteiger partial charge in [-0.1, -0.05) is 42.5 Å². The molecule has 4 aromatic rings. The van der Waals surface area contributed by atoms with Crippen LogP contribution in [0, 0.1) is 0 Å². The summed E-state index contributed by atoms with van der Waals surface area (Å²) in [6.07, 6.45) is 2.20. The molecule has 3 nitrogen and oxygen atoms in total. The minimum Gasteiger partial charge on any atom is -0.361 e. The summed E-state index contributed by atoms with van der Waals surface area (Å²) in [6.45, 7) is 0. The minimum atomic E-state index is 0.987. The van der Waals surface area contributed by atoms with E-state index in [1.807, 2.05) is 26.2 Å². The lowest BCUT2D eigenvalue weighted by atomic mass is 10.1. The first-order valence-electron chi connectivity index (χ1n) is 7.37. The first-order valence-corrected chi connectivity index (χ1v) is 7.37. The third-order valence-corrected chi connectivity index (χ3v) is 3.95. The molecule has 22 heavy (non-hydrogen) atoms. The molecule has 0 amide bonds. The van der Waals surface area contributed by atoms with Gasteiger partial charge in [-0.2, -0.15) is 0 Å². The summed E-state index contributed by atoms with van der Waals surface area (Å²) in [6, 6.07) is 20.9. The Morgan fingerprint density at radius 2 is 1.55 bits per heavy atom. The van der Waals surface area contributed by atoms with E-state index in [0.29, 0.717) is 0 Å². The third kappa shape index (κ3) is 1.94. The van der Waals surface area contributed by atoms with Crippen molar-refractivity contribution >= 4 is 22.4 Å². The van der Waals surface area contributed by atoms with Gasteiger partial charge in [0.2, 0.25) is 0 Å². The number of fused-ring (bicyclic) bond motifs is 3. The Morgan fingerprint density at radius 1 is 0.818 bits per heavy atom. The molecule has 2 heterocycles. The van der Waals surface area contributed by atoms with Crippen LogP contribution in [0.15, 0.2) is 66.9 Å². The Hall–Kier alpha value is -2.81. The quantitative estimate of drug-likeness (QED) is 0.550. The van der Waals surface area contributed by atoms with Gasteiger partial charge in [-0.3, -0.25) is 0 Å². The zero-order valence-electron chi connectivity index (χ0n) is 12.7. The number of hydrogen-bond acceptors (Lipinski definition) is 2. The molecule has 0 fully saturated rings. The van der Waals surface area contributed by atoms with Crippen molar-refractivity contribution in [1.82, 2.24) is 9.38 Å². The summed E-state index contributed by atoms with van der Waals surface area (Å²) in [4.78, 5) is 6.88. The Bertz CT molecular complexity index is 952. The lowest BCUT2D eigenvalue weighted by Gasteiger charge is -2.14. The fourth-order valence-corrected chi connectivity index (χ4v) is 2.89. The van der Waals surface area contributed by atoms with Gasteiger partial charge in [0.1, 0.15) is 0 Å². The SMILES string of the molecule is CN(C)c1nc2ccccc2n2cc(-c3ccccc3)cc12. The van der Waals surface area contributed by atoms with Crippen molar-refractivity contribution in [3.05, 3.63) is 66.9 Å². The highest BCUT2D eigenvalue weighted by Crippen LogP contribution is 2.30. The molecular weight excluding hydrogens is 270 g/mol. The minimum absolute atomic E-state index is 0.987. The second kappa shape index (κ2) is 4.88. The Labute approximate surface area is 129 Å². The van der Waals surface area contributed by atoms with E-state index >= 15 is 0 Å². The molecule has 0 aliphatic heterocycles. The van der Waals surface area contributed by atoms with E-state index in [4.69, 9.17) is 4.98 Å². The molecule has 2 aromatic carbocycles. The summed E-state index contributed by atoms with van der Waals surface area (Å²) in [5.41, 5.74) is 5.70. The van der Waals surface area contributed by atoms with Crippen molar-refractivity contribution in [2.75, 3.05) is 19.0 Å². The van der Waals surface area contributed by atoms with Crippen LogP contribution in [0.3, 0.4) is 0 Å². The lowest BCUT2D eigenvalue weighted by molar-refractivity contribution is 1.07. The highest BCUT2D eigenvalue weighted by molar-refractivity contribution is 5.88. The number of rotatable bonds is 2. The van der Waals surface area contributed by atoms with E-state index in [2.05, 4.69) is 64.0 Å². The van der Waals surface area contributed by atoms with Crippen LogP contribution in [0.4, 0.5) is 5.82 Å². The van der Waals surface area contributed by atoms with Gasteiger partial charge in [0, 0.05) is 25.9 Å². The topological polar surface area (TPSA) is 20.5 Å². The zero-order chi connectivity index (χ0) is 15.1. The Balaban J connectivity index is 2.09. The molecule has 0 radical (unpaired) electrons. The van der Waals surface area contributed by atoms with Crippen molar-refractivity contribution in [3.8, 4) is 11.1 Å². The summed E-state index contributed by atoms with van der Waals surface area (Å²) in [5, 5.41) is 0. The van der Waals surface area contributed by atoms with Gasteiger partial charge in [-0.15, -0.1) is 0 Å². The fourth-order valence-electron chi connectivity index (χ4n) is 2.89. The van der Waals surface area contributed by atoms with Crippen LogP contribution < -0.4 is 4.90 Å². The molecular formula is C19H17N3. The molecule has 108 valence electrons.